The molecule has 0 bridgehead atoms. The maximum atomic E-state index is 12.6. The number of carbonyl (C=O) groups is 1. The number of nitrogens with one attached hydrogen (secondary N) is 1. The quantitative estimate of drug-likeness (QED) is 0.731. The van der Waals surface area contributed by atoms with Crippen molar-refractivity contribution < 1.29 is 13.2 Å². The molecule has 0 radical (unpaired) electrons. The van der Waals surface area contributed by atoms with E-state index in [9.17, 15) is 13.2 Å². The first-order chi connectivity index (χ1) is 14.5. The van der Waals surface area contributed by atoms with Crippen molar-refractivity contribution >= 4 is 15.9 Å². The molecule has 8 heteroatoms. The van der Waals surface area contributed by atoms with Gasteiger partial charge in [0.25, 0.3) is 0 Å². The van der Waals surface area contributed by atoms with E-state index in [0.29, 0.717) is 18.7 Å². The zero-order valence-electron chi connectivity index (χ0n) is 16.8. The first-order valence-corrected chi connectivity index (χ1v) is 11.5. The van der Waals surface area contributed by atoms with Crippen LogP contribution in [0.3, 0.4) is 0 Å². The van der Waals surface area contributed by atoms with Gasteiger partial charge in [-0.05, 0) is 36.2 Å². The van der Waals surface area contributed by atoms with Gasteiger partial charge in [0.1, 0.15) is 0 Å². The fourth-order valence-electron chi connectivity index (χ4n) is 3.45. The van der Waals surface area contributed by atoms with Gasteiger partial charge in [-0.1, -0.05) is 30.3 Å². The summed E-state index contributed by atoms with van der Waals surface area (Å²) in [6.07, 6.45) is 1.01. The molecule has 0 aromatic heterocycles. The lowest BCUT2D eigenvalue weighted by Crippen LogP contribution is -2.37. The minimum absolute atomic E-state index is 0.0361. The summed E-state index contributed by atoms with van der Waals surface area (Å²) in [4.78, 5) is 16.9. The Hall–Kier alpha value is -2.73. The predicted octanol–water partition coefficient (Wildman–Crippen LogP) is 1.96. The Morgan fingerprint density at radius 2 is 1.73 bits per heavy atom. The Labute approximate surface area is 178 Å². The van der Waals surface area contributed by atoms with Gasteiger partial charge in [-0.3, -0.25) is 9.69 Å². The second-order valence-electron chi connectivity index (χ2n) is 7.28. The van der Waals surface area contributed by atoms with Gasteiger partial charge in [0.2, 0.25) is 15.9 Å². The van der Waals surface area contributed by atoms with Crippen LogP contribution in [0.25, 0.3) is 0 Å². The van der Waals surface area contributed by atoms with E-state index in [2.05, 4.69) is 15.7 Å². The number of benzene rings is 2. The smallest absolute Gasteiger partial charge is 0.240 e. The second-order valence-corrected chi connectivity index (χ2v) is 9.05. The zero-order chi connectivity index (χ0) is 21.4. The average molecular weight is 427 g/mol. The van der Waals surface area contributed by atoms with E-state index in [1.807, 2.05) is 29.2 Å². The molecule has 2 aromatic carbocycles. The van der Waals surface area contributed by atoms with E-state index < -0.39 is 10.0 Å². The molecule has 1 fully saturated rings. The van der Waals surface area contributed by atoms with Gasteiger partial charge in [0.05, 0.1) is 16.5 Å². The maximum absolute atomic E-state index is 12.6. The van der Waals surface area contributed by atoms with Crippen molar-refractivity contribution in [2.75, 3.05) is 32.7 Å². The Morgan fingerprint density at radius 3 is 2.43 bits per heavy atom. The van der Waals surface area contributed by atoms with Crippen molar-refractivity contribution in [1.29, 1.82) is 5.26 Å². The van der Waals surface area contributed by atoms with Crippen LogP contribution in [0.15, 0.2) is 59.5 Å². The fourth-order valence-corrected chi connectivity index (χ4v) is 4.51. The summed E-state index contributed by atoms with van der Waals surface area (Å²) in [6, 6.07) is 17.8. The lowest BCUT2D eigenvalue weighted by molar-refractivity contribution is -0.130. The van der Waals surface area contributed by atoms with E-state index in [0.717, 1.165) is 31.6 Å². The van der Waals surface area contributed by atoms with Crippen LogP contribution in [0, 0.1) is 11.3 Å². The largest absolute Gasteiger partial charge is 0.341 e. The Morgan fingerprint density at radius 1 is 1.00 bits per heavy atom. The summed E-state index contributed by atoms with van der Waals surface area (Å²) < 4.78 is 27.0. The van der Waals surface area contributed by atoms with Crippen molar-refractivity contribution in [2.45, 2.75) is 24.3 Å². The van der Waals surface area contributed by atoms with Gasteiger partial charge in [-0.15, -0.1) is 0 Å². The molecule has 0 aliphatic carbocycles. The van der Waals surface area contributed by atoms with Crippen LogP contribution in [0.5, 0.6) is 0 Å². The van der Waals surface area contributed by atoms with Crippen molar-refractivity contribution in [3.63, 3.8) is 0 Å². The molecule has 1 heterocycles. The predicted molar refractivity (Wildman–Crippen MR) is 114 cm³/mol. The first kappa shape index (κ1) is 22.0. The summed E-state index contributed by atoms with van der Waals surface area (Å²) in [5, 5.41) is 8.90. The molecule has 0 saturated carbocycles. The highest BCUT2D eigenvalue weighted by molar-refractivity contribution is 7.89. The molecule has 30 heavy (non-hydrogen) atoms. The number of nitrogens with zero attached hydrogens (tertiary/aromatic N) is 3. The molecule has 0 spiro atoms. The molecule has 2 aromatic rings. The second kappa shape index (κ2) is 10.3. The van der Waals surface area contributed by atoms with Crippen molar-refractivity contribution in [3.8, 4) is 6.07 Å². The molecular formula is C22H26N4O3S. The van der Waals surface area contributed by atoms with E-state index in [1.54, 1.807) is 18.2 Å². The third kappa shape index (κ3) is 6.13. The number of amides is 1. The van der Waals surface area contributed by atoms with Gasteiger partial charge < -0.3 is 4.90 Å². The minimum atomic E-state index is -3.59. The van der Waals surface area contributed by atoms with E-state index in [-0.39, 0.29) is 23.8 Å². The fraction of sp³-hybridized carbons (Fsp3) is 0.364. The Kier molecular flexibility index (Phi) is 7.57. The topological polar surface area (TPSA) is 93.5 Å². The summed E-state index contributed by atoms with van der Waals surface area (Å²) in [7, 11) is -3.59. The summed E-state index contributed by atoms with van der Waals surface area (Å²) in [5.74, 6) is -0.0361. The molecule has 0 unspecified atom stereocenters. The van der Waals surface area contributed by atoms with Crippen molar-refractivity contribution in [1.82, 2.24) is 14.5 Å². The van der Waals surface area contributed by atoms with Gasteiger partial charge in [-0.2, -0.15) is 5.26 Å². The number of hydrogen-bond donors (Lipinski definition) is 1. The molecule has 1 saturated heterocycles. The third-order valence-corrected chi connectivity index (χ3v) is 6.59. The van der Waals surface area contributed by atoms with Gasteiger partial charge in [-0.25, -0.2) is 13.1 Å². The number of carbonyl (C=O) groups excluding carboxylic acids is 1. The SMILES string of the molecule is N#Cc1ccc(CN2CCCN(C(=O)CCNS(=O)(=O)c3ccccc3)CC2)cc1. The average Bonchev–Trinajstić information content (AvgIpc) is 3.00. The molecule has 158 valence electrons. The van der Waals surface area contributed by atoms with Crippen LogP contribution in [-0.4, -0.2) is 56.8 Å². The van der Waals surface area contributed by atoms with E-state index in [1.165, 1.54) is 12.1 Å². The highest BCUT2D eigenvalue weighted by atomic mass is 32.2. The monoisotopic (exact) mass is 426 g/mol. The molecule has 1 aliphatic heterocycles. The molecule has 1 N–H and O–H groups in total. The van der Waals surface area contributed by atoms with Gasteiger partial charge in [0.15, 0.2) is 0 Å². The van der Waals surface area contributed by atoms with Crippen LogP contribution in [0.2, 0.25) is 0 Å². The van der Waals surface area contributed by atoms with Crippen LogP contribution < -0.4 is 4.72 Å². The third-order valence-electron chi connectivity index (χ3n) is 5.11. The Bertz CT molecular complexity index is 985. The summed E-state index contributed by atoms with van der Waals surface area (Å²) in [5.41, 5.74) is 1.79. The van der Waals surface area contributed by atoms with Crippen LogP contribution in [0.1, 0.15) is 24.0 Å². The van der Waals surface area contributed by atoms with Gasteiger partial charge in [0, 0.05) is 45.7 Å². The van der Waals surface area contributed by atoms with E-state index >= 15 is 0 Å². The minimum Gasteiger partial charge on any atom is -0.341 e. The molecule has 1 amide bonds. The number of hydrogen-bond acceptors (Lipinski definition) is 5. The number of sulfonamides is 1. The number of rotatable bonds is 7. The zero-order valence-corrected chi connectivity index (χ0v) is 17.6. The molecule has 3 rings (SSSR count). The van der Waals surface area contributed by atoms with Crippen LogP contribution >= 0.6 is 0 Å². The van der Waals surface area contributed by atoms with Gasteiger partial charge >= 0.3 is 0 Å². The lowest BCUT2D eigenvalue weighted by Gasteiger charge is -2.22. The van der Waals surface area contributed by atoms with Crippen molar-refractivity contribution in [2.24, 2.45) is 0 Å². The van der Waals surface area contributed by atoms with E-state index in [4.69, 9.17) is 5.26 Å². The standard InChI is InChI=1S/C22H26N4O3S/c23-17-19-7-9-20(10-8-19)18-25-13-4-14-26(16-15-25)22(27)11-12-24-30(28,29)21-5-2-1-3-6-21/h1-3,5-10,24H,4,11-16,18H2. The van der Waals surface area contributed by atoms with Crippen LogP contribution in [-0.2, 0) is 21.4 Å². The highest BCUT2D eigenvalue weighted by Crippen LogP contribution is 2.11. The summed E-state index contributed by atoms with van der Waals surface area (Å²) >= 11 is 0. The maximum Gasteiger partial charge on any atom is 0.240 e. The molecule has 1 aliphatic rings. The number of nitriles is 1. The highest BCUT2D eigenvalue weighted by Gasteiger charge is 2.20. The molecular weight excluding hydrogens is 400 g/mol. The molecule has 0 atom stereocenters. The first-order valence-electron chi connectivity index (χ1n) is 10.0. The molecule has 7 nitrogen and oxygen atoms in total. The normalized spacial score (nSPS) is 15.4. The lowest BCUT2D eigenvalue weighted by atomic mass is 10.1. The van der Waals surface area contributed by atoms with Crippen molar-refractivity contribution in [3.05, 3.63) is 65.7 Å². The van der Waals surface area contributed by atoms with Crippen LogP contribution in [0.4, 0.5) is 0 Å². The summed E-state index contributed by atoms with van der Waals surface area (Å²) in [6.45, 7) is 3.83. The Balaban J connectivity index is 1.45.